The quantitative estimate of drug-likeness (QED) is 0.860. The fourth-order valence-electron chi connectivity index (χ4n) is 2.48. The maximum Gasteiger partial charge on any atom is 0.335 e. The molecule has 0 heterocycles. The second kappa shape index (κ2) is 4.28. The van der Waals surface area contributed by atoms with E-state index in [0.29, 0.717) is 5.76 Å². The standard InChI is InChI=1S/C16H12O3/c17-14-9-12-3-1-2-4-13(12)15(14)10-5-7-11(8-6-10)16(18)19/h1-9,15,17H,(H,18,19). The minimum atomic E-state index is -0.946. The molecule has 0 aromatic heterocycles. The van der Waals surface area contributed by atoms with Gasteiger partial charge in [-0.15, -0.1) is 0 Å². The Morgan fingerprint density at radius 2 is 1.68 bits per heavy atom. The van der Waals surface area contributed by atoms with E-state index in [-0.39, 0.29) is 11.5 Å². The molecule has 3 heteroatoms. The van der Waals surface area contributed by atoms with Crippen molar-refractivity contribution in [1.29, 1.82) is 0 Å². The second-order valence-electron chi connectivity index (χ2n) is 4.56. The molecule has 0 bridgehead atoms. The third kappa shape index (κ3) is 1.89. The first-order valence-corrected chi connectivity index (χ1v) is 5.99. The van der Waals surface area contributed by atoms with E-state index in [9.17, 15) is 9.90 Å². The van der Waals surface area contributed by atoms with Crippen LogP contribution >= 0.6 is 0 Å². The molecule has 1 aliphatic rings. The fraction of sp³-hybridized carbons (Fsp3) is 0.0625. The van der Waals surface area contributed by atoms with Crippen molar-refractivity contribution in [1.82, 2.24) is 0 Å². The summed E-state index contributed by atoms with van der Waals surface area (Å²) in [5, 5.41) is 19.0. The summed E-state index contributed by atoms with van der Waals surface area (Å²) in [6.45, 7) is 0. The van der Waals surface area contributed by atoms with Crippen LogP contribution in [-0.2, 0) is 0 Å². The van der Waals surface area contributed by atoms with Gasteiger partial charge in [-0.05, 0) is 34.9 Å². The van der Waals surface area contributed by atoms with Crippen LogP contribution in [0.2, 0.25) is 0 Å². The van der Waals surface area contributed by atoms with Crippen LogP contribution < -0.4 is 0 Å². The molecule has 94 valence electrons. The lowest BCUT2D eigenvalue weighted by atomic mass is 9.91. The Hall–Kier alpha value is -2.55. The van der Waals surface area contributed by atoms with Gasteiger partial charge in [0, 0.05) is 0 Å². The van der Waals surface area contributed by atoms with Gasteiger partial charge >= 0.3 is 5.97 Å². The summed E-state index contributed by atoms with van der Waals surface area (Å²) in [6.07, 6.45) is 1.76. The van der Waals surface area contributed by atoms with Crippen molar-refractivity contribution in [3.8, 4) is 0 Å². The molecule has 0 fully saturated rings. The maximum absolute atomic E-state index is 10.8. The molecule has 3 nitrogen and oxygen atoms in total. The van der Waals surface area contributed by atoms with Crippen LogP contribution in [-0.4, -0.2) is 16.2 Å². The molecule has 0 amide bonds. The fourth-order valence-corrected chi connectivity index (χ4v) is 2.48. The van der Waals surface area contributed by atoms with Gasteiger partial charge in [-0.2, -0.15) is 0 Å². The monoisotopic (exact) mass is 252 g/mol. The minimum absolute atomic E-state index is 0.195. The Labute approximate surface area is 110 Å². The van der Waals surface area contributed by atoms with Crippen molar-refractivity contribution >= 4 is 12.0 Å². The Morgan fingerprint density at radius 3 is 2.37 bits per heavy atom. The van der Waals surface area contributed by atoms with E-state index in [1.165, 1.54) is 0 Å². The van der Waals surface area contributed by atoms with Gasteiger partial charge in [-0.1, -0.05) is 36.4 Å². The molecule has 1 aliphatic carbocycles. The summed E-state index contributed by atoms with van der Waals surface area (Å²) in [4.78, 5) is 10.8. The van der Waals surface area contributed by atoms with E-state index in [0.717, 1.165) is 16.7 Å². The summed E-state index contributed by atoms with van der Waals surface area (Å²) >= 11 is 0. The highest BCUT2D eigenvalue weighted by Gasteiger charge is 2.26. The number of aliphatic hydroxyl groups is 1. The predicted molar refractivity (Wildman–Crippen MR) is 72.3 cm³/mol. The number of carboxylic acids is 1. The van der Waals surface area contributed by atoms with Gasteiger partial charge in [0.05, 0.1) is 11.5 Å². The molecule has 0 saturated heterocycles. The largest absolute Gasteiger partial charge is 0.511 e. The average Bonchev–Trinajstić information content (AvgIpc) is 2.74. The second-order valence-corrected chi connectivity index (χ2v) is 4.56. The first-order chi connectivity index (χ1) is 9.16. The zero-order chi connectivity index (χ0) is 13.4. The van der Waals surface area contributed by atoms with Crippen LogP contribution in [0.1, 0.15) is 33.0 Å². The summed E-state index contributed by atoms with van der Waals surface area (Å²) in [5.41, 5.74) is 3.19. The maximum atomic E-state index is 10.8. The smallest absolute Gasteiger partial charge is 0.335 e. The molecule has 0 saturated carbocycles. The number of carbonyl (C=O) groups is 1. The molecule has 2 aromatic rings. The van der Waals surface area contributed by atoms with Gasteiger partial charge in [-0.25, -0.2) is 4.79 Å². The van der Waals surface area contributed by atoms with Crippen LogP contribution in [0.15, 0.2) is 54.3 Å². The van der Waals surface area contributed by atoms with Gasteiger partial charge in [-0.3, -0.25) is 0 Å². The third-order valence-electron chi connectivity index (χ3n) is 3.40. The van der Waals surface area contributed by atoms with Crippen molar-refractivity contribution in [3.63, 3.8) is 0 Å². The average molecular weight is 252 g/mol. The molecule has 0 radical (unpaired) electrons. The zero-order valence-corrected chi connectivity index (χ0v) is 10.1. The Bertz CT molecular complexity index is 669. The number of carboxylic acid groups (broad SMARTS) is 1. The van der Waals surface area contributed by atoms with Crippen LogP contribution in [0.3, 0.4) is 0 Å². The molecule has 0 aliphatic heterocycles. The van der Waals surface area contributed by atoms with Crippen LogP contribution in [0.5, 0.6) is 0 Å². The topological polar surface area (TPSA) is 57.5 Å². The lowest BCUT2D eigenvalue weighted by Crippen LogP contribution is -2.02. The van der Waals surface area contributed by atoms with Gasteiger partial charge in [0.1, 0.15) is 5.76 Å². The number of aliphatic hydroxyl groups excluding tert-OH is 1. The lowest BCUT2D eigenvalue weighted by molar-refractivity contribution is 0.0697. The van der Waals surface area contributed by atoms with Crippen LogP contribution in [0.4, 0.5) is 0 Å². The summed E-state index contributed by atoms with van der Waals surface area (Å²) < 4.78 is 0. The van der Waals surface area contributed by atoms with Crippen molar-refractivity contribution in [2.24, 2.45) is 0 Å². The molecule has 2 N–H and O–H groups in total. The van der Waals surface area contributed by atoms with Crippen molar-refractivity contribution in [2.75, 3.05) is 0 Å². The van der Waals surface area contributed by atoms with E-state index < -0.39 is 5.97 Å². The Balaban J connectivity index is 2.03. The highest BCUT2D eigenvalue weighted by atomic mass is 16.4. The molecule has 3 rings (SSSR count). The Kier molecular flexibility index (Phi) is 2.60. The highest BCUT2D eigenvalue weighted by molar-refractivity contribution is 5.87. The van der Waals surface area contributed by atoms with Gasteiger partial charge < -0.3 is 10.2 Å². The third-order valence-corrected chi connectivity index (χ3v) is 3.40. The molecular weight excluding hydrogens is 240 g/mol. The molecule has 1 unspecified atom stereocenters. The number of benzene rings is 2. The number of fused-ring (bicyclic) bond motifs is 1. The molecule has 2 aromatic carbocycles. The number of aromatic carboxylic acids is 1. The summed E-state index contributed by atoms with van der Waals surface area (Å²) in [5.74, 6) is -0.846. The zero-order valence-electron chi connectivity index (χ0n) is 10.1. The SMILES string of the molecule is O=C(O)c1ccc(C2C(O)=Cc3ccccc32)cc1. The van der Waals surface area contributed by atoms with Crippen molar-refractivity contribution < 1.29 is 15.0 Å². The first-order valence-electron chi connectivity index (χ1n) is 5.99. The van der Waals surface area contributed by atoms with E-state index in [2.05, 4.69) is 0 Å². The minimum Gasteiger partial charge on any atom is -0.511 e. The molecular formula is C16H12O3. The van der Waals surface area contributed by atoms with E-state index in [1.54, 1.807) is 30.3 Å². The van der Waals surface area contributed by atoms with Crippen molar-refractivity contribution in [3.05, 3.63) is 76.5 Å². The van der Waals surface area contributed by atoms with Crippen LogP contribution in [0, 0.1) is 0 Å². The lowest BCUT2D eigenvalue weighted by Gasteiger charge is -2.13. The molecule has 19 heavy (non-hydrogen) atoms. The highest BCUT2D eigenvalue weighted by Crippen LogP contribution is 2.39. The van der Waals surface area contributed by atoms with E-state index in [4.69, 9.17) is 5.11 Å². The van der Waals surface area contributed by atoms with Crippen LogP contribution in [0.25, 0.3) is 6.08 Å². The summed E-state index contributed by atoms with van der Waals surface area (Å²) in [6, 6.07) is 14.4. The molecule has 1 atom stereocenters. The number of rotatable bonds is 2. The van der Waals surface area contributed by atoms with E-state index in [1.807, 2.05) is 24.3 Å². The predicted octanol–water partition coefficient (Wildman–Crippen LogP) is 3.43. The number of allylic oxidation sites excluding steroid dienone is 1. The first kappa shape index (κ1) is 11.5. The van der Waals surface area contributed by atoms with Gasteiger partial charge in [0.2, 0.25) is 0 Å². The van der Waals surface area contributed by atoms with Gasteiger partial charge in [0.15, 0.2) is 0 Å². The number of hydrogen-bond acceptors (Lipinski definition) is 2. The molecule has 0 spiro atoms. The van der Waals surface area contributed by atoms with E-state index >= 15 is 0 Å². The van der Waals surface area contributed by atoms with Crippen molar-refractivity contribution in [2.45, 2.75) is 5.92 Å². The number of hydrogen-bond donors (Lipinski definition) is 2. The van der Waals surface area contributed by atoms with Gasteiger partial charge in [0.25, 0.3) is 0 Å². The Morgan fingerprint density at radius 1 is 1.00 bits per heavy atom. The summed E-state index contributed by atoms with van der Waals surface area (Å²) in [7, 11) is 0. The normalized spacial score (nSPS) is 16.8.